The zero-order valence-electron chi connectivity index (χ0n) is 12.2. The number of halogens is 1. The number of alkyl halides is 1. The first-order valence-electron chi connectivity index (χ1n) is 7.11. The van der Waals surface area contributed by atoms with Gasteiger partial charge in [0, 0.05) is 15.9 Å². The summed E-state index contributed by atoms with van der Waals surface area (Å²) in [5.41, 5.74) is 4.50. The van der Waals surface area contributed by atoms with E-state index in [2.05, 4.69) is 71.5 Å². The second-order valence-corrected chi connectivity index (χ2v) is 7.01. The molecule has 1 aliphatic rings. The molecule has 0 spiro atoms. The van der Waals surface area contributed by atoms with Gasteiger partial charge in [0.15, 0.2) is 0 Å². The topological polar surface area (TPSA) is 29.1 Å². The Morgan fingerprint density at radius 2 is 1.86 bits per heavy atom. The van der Waals surface area contributed by atoms with Crippen molar-refractivity contribution >= 4 is 27.5 Å². The fourth-order valence-corrected chi connectivity index (χ4v) is 3.39. The summed E-state index contributed by atoms with van der Waals surface area (Å²) in [6.45, 7) is 4.47. The Bertz CT molecular complexity index is 679. The molecule has 1 N–H and O–H groups in total. The van der Waals surface area contributed by atoms with Gasteiger partial charge in [-0.15, -0.1) is 0 Å². The summed E-state index contributed by atoms with van der Waals surface area (Å²) in [5.74, 6) is 0.0793. The first kappa shape index (κ1) is 14.3. The molecule has 1 amide bonds. The molecule has 2 nitrogen and oxygen atoms in total. The molecule has 0 radical (unpaired) electrons. The molecule has 2 aromatic rings. The van der Waals surface area contributed by atoms with Crippen LogP contribution in [0.3, 0.4) is 0 Å². The van der Waals surface area contributed by atoms with E-state index in [0.717, 1.165) is 11.3 Å². The smallest absolute Gasteiger partial charge is 0.228 e. The van der Waals surface area contributed by atoms with Crippen LogP contribution < -0.4 is 5.32 Å². The van der Waals surface area contributed by atoms with Gasteiger partial charge in [0.2, 0.25) is 5.91 Å². The summed E-state index contributed by atoms with van der Waals surface area (Å²) >= 11 is 3.86. The fourth-order valence-electron chi connectivity index (χ4n) is 2.84. The summed E-state index contributed by atoms with van der Waals surface area (Å²) in [6.07, 6.45) is 0.481. The highest BCUT2D eigenvalue weighted by atomic mass is 79.9. The minimum Gasteiger partial charge on any atom is -0.326 e. The SMILES string of the molecule is CC(C)(c1ccccc1)C(Br)c1ccc2c(c1)CC(=O)N2. The van der Waals surface area contributed by atoms with Crippen LogP contribution in [-0.4, -0.2) is 5.91 Å². The number of nitrogens with one attached hydrogen (secondary N) is 1. The van der Waals surface area contributed by atoms with E-state index >= 15 is 0 Å². The second kappa shape index (κ2) is 5.30. The molecule has 0 aromatic heterocycles. The van der Waals surface area contributed by atoms with Crippen LogP contribution in [0.15, 0.2) is 48.5 Å². The lowest BCUT2D eigenvalue weighted by molar-refractivity contribution is -0.115. The van der Waals surface area contributed by atoms with E-state index < -0.39 is 0 Å². The van der Waals surface area contributed by atoms with Gasteiger partial charge in [-0.25, -0.2) is 0 Å². The highest BCUT2D eigenvalue weighted by Gasteiger charge is 2.31. The molecule has 1 atom stereocenters. The summed E-state index contributed by atoms with van der Waals surface area (Å²) < 4.78 is 0. The van der Waals surface area contributed by atoms with Crippen molar-refractivity contribution in [3.05, 3.63) is 65.2 Å². The number of carbonyl (C=O) groups is 1. The number of amides is 1. The fraction of sp³-hybridized carbons (Fsp3) is 0.278. The molecule has 0 saturated carbocycles. The third kappa shape index (κ3) is 2.62. The molecule has 0 saturated heterocycles. The van der Waals surface area contributed by atoms with E-state index in [1.54, 1.807) is 0 Å². The average molecular weight is 344 g/mol. The first-order chi connectivity index (χ1) is 9.98. The summed E-state index contributed by atoms with van der Waals surface area (Å²) in [4.78, 5) is 11.7. The number of fused-ring (bicyclic) bond motifs is 1. The normalized spacial score (nSPS) is 15.5. The van der Waals surface area contributed by atoms with Crippen LogP contribution >= 0.6 is 15.9 Å². The van der Waals surface area contributed by atoms with Gasteiger partial charge < -0.3 is 5.32 Å². The van der Waals surface area contributed by atoms with Crippen LogP contribution in [-0.2, 0) is 16.6 Å². The van der Waals surface area contributed by atoms with Crippen molar-refractivity contribution in [2.24, 2.45) is 0 Å². The van der Waals surface area contributed by atoms with Crippen LogP contribution in [0, 0.1) is 0 Å². The maximum atomic E-state index is 11.5. The molecule has 3 rings (SSSR count). The Balaban J connectivity index is 1.94. The van der Waals surface area contributed by atoms with Crippen LogP contribution in [0.1, 0.15) is 35.4 Å². The van der Waals surface area contributed by atoms with E-state index in [1.807, 2.05) is 12.1 Å². The van der Waals surface area contributed by atoms with Crippen LogP contribution in [0.5, 0.6) is 0 Å². The van der Waals surface area contributed by atoms with Gasteiger partial charge in [-0.05, 0) is 22.8 Å². The van der Waals surface area contributed by atoms with Gasteiger partial charge in [0.1, 0.15) is 0 Å². The van der Waals surface area contributed by atoms with Crippen molar-refractivity contribution in [3.8, 4) is 0 Å². The largest absolute Gasteiger partial charge is 0.326 e. The van der Waals surface area contributed by atoms with Crippen molar-refractivity contribution < 1.29 is 4.79 Å². The zero-order valence-corrected chi connectivity index (χ0v) is 13.8. The Hall–Kier alpha value is -1.61. The van der Waals surface area contributed by atoms with E-state index in [9.17, 15) is 4.79 Å². The van der Waals surface area contributed by atoms with Crippen molar-refractivity contribution in [3.63, 3.8) is 0 Å². The third-order valence-electron chi connectivity index (χ3n) is 4.20. The quantitative estimate of drug-likeness (QED) is 0.811. The predicted molar refractivity (Wildman–Crippen MR) is 89.9 cm³/mol. The molecule has 2 aromatic carbocycles. The maximum absolute atomic E-state index is 11.5. The zero-order chi connectivity index (χ0) is 15.0. The first-order valence-corrected chi connectivity index (χ1v) is 8.02. The standard InChI is InChI=1S/C18H18BrNO/c1-18(2,14-6-4-3-5-7-14)17(19)12-8-9-15-13(10-12)11-16(21)20-15/h3-10,17H,11H2,1-2H3,(H,20,21). The summed E-state index contributed by atoms with van der Waals surface area (Å²) in [6, 6.07) is 16.7. The molecule has 1 heterocycles. The average Bonchev–Trinajstić information content (AvgIpc) is 2.86. The van der Waals surface area contributed by atoms with Crippen molar-refractivity contribution in [1.29, 1.82) is 0 Å². The number of anilines is 1. The molecule has 0 bridgehead atoms. The van der Waals surface area contributed by atoms with Gasteiger partial charge in [-0.3, -0.25) is 4.79 Å². The Labute approximate surface area is 133 Å². The molecule has 0 fully saturated rings. The maximum Gasteiger partial charge on any atom is 0.228 e. The summed E-state index contributed by atoms with van der Waals surface area (Å²) in [7, 11) is 0. The lowest BCUT2D eigenvalue weighted by atomic mass is 9.79. The van der Waals surface area contributed by atoms with Crippen LogP contribution in [0.4, 0.5) is 5.69 Å². The van der Waals surface area contributed by atoms with E-state index in [0.29, 0.717) is 6.42 Å². The number of benzene rings is 2. The molecule has 0 aliphatic carbocycles. The molecule has 21 heavy (non-hydrogen) atoms. The van der Waals surface area contributed by atoms with E-state index in [-0.39, 0.29) is 16.1 Å². The second-order valence-electron chi connectivity index (χ2n) is 6.09. The minimum absolute atomic E-state index is 0.0362. The Morgan fingerprint density at radius 1 is 1.14 bits per heavy atom. The van der Waals surface area contributed by atoms with Gasteiger partial charge in [0.05, 0.1) is 6.42 Å². The third-order valence-corrected chi connectivity index (χ3v) is 5.87. The van der Waals surface area contributed by atoms with Gasteiger partial charge >= 0.3 is 0 Å². The highest BCUT2D eigenvalue weighted by Crippen LogP contribution is 2.43. The molecule has 108 valence electrons. The summed E-state index contributed by atoms with van der Waals surface area (Å²) in [5, 5.41) is 2.88. The highest BCUT2D eigenvalue weighted by molar-refractivity contribution is 9.09. The number of rotatable bonds is 3. The molecule has 1 aliphatic heterocycles. The van der Waals surface area contributed by atoms with Gasteiger partial charge in [0.25, 0.3) is 0 Å². The minimum atomic E-state index is -0.0362. The monoisotopic (exact) mass is 343 g/mol. The van der Waals surface area contributed by atoms with E-state index in [4.69, 9.17) is 0 Å². The van der Waals surface area contributed by atoms with Crippen molar-refractivity contribution in [1.82, 2.24) is 0 Å². The number of hydrogen-bond donors (Lipinski definition) is 1. The van der Waals surface area contributed by atoms with Gasteiger partial charge in [-0.2, -0.15) is 0 Å². The predicted octanol–water partition coefficient (Wildman–Crippen LogP) is 4.60. The Morgan fingerprint density at radius 3 is 2.57 bits per heavy atom. The van der Waals surface area contributed by atoms with E-state index in [1.165, 1.54) is 11.1 Å². The van der Waals surface area contributed by atoms with Gasteiger partial charge in [-0.1, -0.05) is 72.2 Å². The van der Waals surface area contributed by atoms with Crippen LogP contribution in [0.2, 0.25) is 0 Å². The van der Waals surface area contributed by atoms with Crippen LogP contribution in [0.25, 0.3) is 0 Å². The van der Waals surface area contributed by atoms with Crippen molar-refractivity contribution in [2.45, 2.75) is 30.5 Å². The molecule has 3 heteroatoms. The lowest BCUT2D eigenvalue weighted by Crippen LogP contribution is -2.23. The molecular weight excluding hydrogens is 326 g/mol. The lowest BCUT2D eigenvalue weighted by Gasteiger charge is -2.31. The molecule has 1 unspecified atom stereocenters. The molecular formula is C18H18BrNO. The Kier molecular flexibility index (Phi) is 3.62. The number of hydrogen-bond acceptors (Lipinski definition) is 1. The number of carbonyl (C=O) groups excluding carboxylic acids is 1. The van der Waals surface area contributed by atoms with Crippen molar-refractivity contribution in [2.75, 3.05) is 5.32 Å².